The van der Waals surface area contributed by atoms with E-state index < -0.39 is 73.1 Å². The molecule has 17 atom stereocenters. The number of fused-ring (bicyclic) bond motifs is 5. The number of aliphatic hydroxyl groups is 6. The Morgan fingerprint density at radius 3 is 2.33 bits per heavy atom. The van der Waals surface area contributed by atoms with Gasteiger partial charge in [0, 0.05) is 31.4 Å². The van der Waals surface area contributed by atoms with Gasteiger partial charge in [-0.05, 0) is 87.0 Å². The Labute approximate surface area is 287 Å². The van der Waals surface area contributed by atoms with Gasteiger partial charge in [0.2, 0.25) is 0 Å². The van der Waals surface area contributed by atoms with Crippen molar-refractivity contribution in [1.29, 1.82) is 0 Å². The van der Waals surface area contributed by atoms with E-state index in [0.717, 1.165) is 44.1 Å². The zero-order valence-corrected chi connectivity index (χ0v) is 29.1. The molecule has 0 unspecified atom stereocenters. The summed E-state index contributed by atoms with van der Waals surface area (Å²) in [7, 11) is 1.55. The molecule has 0 aromatic heterocycles. The summed E-state index contributed by atoms with van der Waals surface area (Å²) in [6, 6.07) is 0. The van der Waals surface area contributed by atoms with E-state index in [4.69, 9.17) is 28.4 Å². The highest BCUT2D eigenvalue weighted by atomic mass is 16.7. The average molecular weight is 697 g/mol. The van der Waals surface area contributed by atoms with Crippen LogP contribution in [0, 0.1) is 28.6 Å². The van der Waals surface area contributed by atoms with Crippen LogP contribution in [-0.4, -0.2) is 130 Å². The normalized spacial score (nSPS) is 54.4. The predicted octanol–water partition coefficient (Wildman–Crippen LogP) is 1.08. The summed E-state index contributed by atoms with van der Waals surface area (Å²) in [5.74, 6) is 0.0783. The lowest BCUT2D eigenvalue weighted by molar-refractivity contribution is -0.347. The van der Waals surface area contributed by atoms with Gasteiger partial charge in [0.05, 0.1) is 36.1 Å². The lowest BCUT2D eigenvalue weighted by atomic mass is 9.42. The zero-order chi connectivity index (χ0) is 35.1. The van der Waals surface area contributed by atoms with Crippen molar-refractivity contribution < 1.29 is 63.9 Å². The molecule has 0 spiro atoms. The Balaban J connectivity index is 0.994. The number of ether oxygens (including phenoxy) is 6. The van der Waals surface area contributed by atoms with Crippen LogP contribution in [0.4, 0.5) is 0 Å². The van der Waals surface area contributed by atoms with E-state index >= 15 is 0 Å². The van der Waals surface area contributed by atoms with Crippen LogP contribution in [0.15, 0.2) is 11.6 Å². The van der Waals surface area contributed by atoms with Gasteiger partial charge in [-0.3, -0.25) is 0 Å². The molecule has 13 heteroatoms. The highest BCUT2D eigenvalue weighted by molar-refractivity contribution is 5.85. The van der Waals surface area contributed by atoms with Gasteiger partial charge in [-0.2, -0.15) is 0 Å². The van der Waals surface area contributed by atoms with Crippen LogP contribution >= 0.6 is 0 Å². The first-order valence-corrected chi connectivity index (χ1v) is 18.3. The maximum Gasteiger partial charge on any atom is 0.331 e. The van der Waals surface area contributed by atoms with E-state index in [1.54, 1.807) is 20.1 Å². The van der Waals surface area contributed by atoms with Crippen molar-refractivity contribution in [2.24, 2.45) is 28.6 Å². The van der Waals surface area contributed by atoms with Crippen LogP contribution < -0.4 is 0 Å². The molecule has 278 valence electrons. The third kappa shape index (κ3) is 5.65. The molecule has 6 N–H and O–H groups in total. The first kappa shape index (κ1) is 36.1. The lowest BCUT2D eigenvalue weighted by Crippen LogP contribution is -2.67. The number of carbonyl (C=O) groups excluding carboxylic acids is 1. The zero-order valence-electron chi connectivity index (χ0n) is 29.1. The second-order valence-electron chi connectivity index (χ2n) is 16.6. The number of hydrogen-bond donors (Lipinski definition) is 6. The SMILES string of the molecule is CO[C@H]1C[C@H](O[C@@H]2CC[C@]3(C)[C@H]4CC[C@@]5(C)[C@H](C6=CC(=O)OC6)CC[C@@]5(O)[C@@H]4CC[C@]3(O)C2)O[C@H](C)[C@H]1O[C@@H]1O[C@H](CO)[C@@H](O)[C@H](O)[C@H]1O. The van der Waals surface area contributed by atoms with E-state index in [-0.39, 0.29) is 40.7 Å². The Kier molecular flexibility index (Phi) is 9.60. The maximum atomic E-state index is 12.5. The Morgan fingerprint density at radius 1 is 0.898 bits per heavy atom. The number of rotatable bonds is 7. The third-order valence-electron chi connectivity index (χ3n) is 14.5. The molecule has 3 aliphatic heterocycles. The van der Waals surface area contributed by atoms with E-state index in [9.17, 15) is 35.4 Å². The molecule has 2 saturated heterocycles. The van der Waals surface area contributed by atoms with E-state index in [1.165, 1.54) is 0 Å². The maximum absolute atomic E-state index is 12.5. The summed E-state index contributed by atoms with van der Waals surface area (Å²) in [5.41, 5.74) is -1.52. The molecule has 0 aromatic carbocycles. The monoisotopic (exact) mass is 696 g/mol. The van der Waals surface area contributed by atoms with Gasteiger partial charge in [-0.25, -0.2) is 4.79 Å². The quantitative estimate of drug-likeness (QED) is 0.164. The number of methoxy groups -OCH3 is 1. The van der Waals surface area contributed by atoms with Crippen LogP contribution in [0.5, 0.6) is 0 Å². The average Bonchev–Trinajstić information content (AvgIpc) is 3.61. The van der Waals surface area contributed by atoms with E-state index in [0.29, 0.717) is 32.3 Å². The van der Waals surface area contributed by atoms with Crippen molar-refractivity contribution in [2.45, 2.75) is 158 Å². The Hall–Kier alpha value is -1.23. The summed E-state index contributed by atoms with van der Waals surface area (Å²) < 4.78 is 35.4. The second kappa shape index (κ2) is 13.0. The van der Waals surface area contributed by atoms with Gasteiger partial charge in [-0.1, -0.05) is 13.8 Å². The largest absolute Gasteiger partial charge is 0.458 e. The molecule has 0 amide bonds. The van der Waals surface area contributed by atoms with Crippen LogP contribution in [0.25, 0.3) is 0 Å². The van der Waals surface area contributed by atoms with Crippen LogP contribution in [0.3, 0.4) is 0 Å². The number of aliphatic hydroxyl groups excluding tert-OH is 4. The fraction of sp³-hybridized carbons (Fsp3) is 0.917. The molecule has 49 heavy (non-hydrogen) atoms. The molecule has 6 fully saturated rings. The third-order valence-corrected chi connectivity index (χ3v) is 14.5. The summed E-state index contributed by atoms with van der Waals surface area (Å²) in [5, 5.41) is 65.4. The fourth-order valence-corrected chi connectivity index (χ4v) is 11.5. The van der Waals surface area contributed by atoms with Gasteiger partial charge < -0.3 is 59.1 Å². The Morgan fingerprint density at radius 2 is 1.63 bits per heavy atom. The van der Waals surface area contributed by atoms with E-state index in [2.05, 4.69) is 13.8 Å². The van der Waals surface area contributed by atoms with Gasteiger partial charge in [-0.15, -0.1) is 0 Å². The molecule has 0 aromatic rings. The van der Waals surface area contributed by atoms with Crippen molar-refractivity contribution in [1.82, 2.24) is 0 Å². The van der Waals surface area contributed by atoms with Crippen LogP contribution in [-0.2, 0) is 33.2 Å². The van der Waals surface area contributed by atoms with Crippen molar-refractivity contribution in [3.05, 3.63) is 11.6 Å². The summed E-state index contributed by atoms with van der Waals surface area (Å²) in [6.07, 6.45) is -1.10. The number of esters is 1. The highest BCUT2D eigenvalue weighted by Gasteiger charge is 2.70. The van der Waals surface area contributed by atoms with Crippen molar-refractivity contribution >= 4 is 5.97 Å². The molecular formula is C36H56O13. The molecule has 7 rings (SSSR count). The number of carbonyl (C=O) groups is 1. The van der Waals surface area contributed by atoms with Crippen molar-refractivity contribution in [2.75, 3.05) is 20.3 Å². The Bertz CT molecular complexity index is 1280. The van der Waals surface area contributed by atoms with Crippen LogP contribution in [0.1, 0.15) is 85.0 Å². The molecule has 13 nitrogen and oxygen atoms in total. The minimum Gasteiger partial charge on any atom is -0.458 e. The minimum atomic E-state index is -1.56. The standard InChI is InChI=1S/C36H56O13/c1-18-31(49-32-30(41)29(40)28(39)25(16-37)48-32)24(44-4)14-27(46-18)47-20-5-9-33(2)22-6-10-34(3)21(19-13-26(38)45-17-19)8-12-36(34,43)23(22)7-11-35(33,42)15-20/h13,18,20-25,27-32,37,39-43H,5-12,14-17H2,1-4H3/t18-,20-,21+,22+,23-,24+,25-,27+,28-,29+,30-,31-,32+,33-,34+,35+,36-/m1/s1. The molecule has 0 bridgehead atoms. The van der Waals surface area contributed by atoms with Crippen molar-refractivity contribution in [3.63, 3.8) is 0 Å². The first-order valence-electron chi connectivity index (χ1n) is 18.3. The second-order valence-corrected chi connectivity index (χ2v) is 16.6. The smallest absolute Gasteiger partial charge is 0.331 e. The van der Waals surface area contributed by atoms with Gasteiger partial charge in [0.25, 0.3) is 0 Å². The number of hydrogen-bond acceptors (Lipinski definition) is 13. The van der Waals surface area contributed by atoms with Gasteiger partial charge in [0.15, 0.2) is 12.6 Å². The summed E-state index contributed by atoms with van der Waals surface area (Å²) >= 11 is 0. The van der Waals surface area contributed by atoms with Gasteiger partial charge in [0.1, 0.15) is 37.1 Å². The van der Waals surface area contributed by atoms with E-state index in [1.807, 2.05) is 0 Å². The number of cyclic esters (lactones) is 1. The lowest BCUT2D eigenvalue weighted by Gasteiger charge is -2.66. The molecule has 4 aliphatic carbocycles. The summed E-state index contributed by atoms with van der Waals surface area (Å²) in [6.45, 7) is 5.98. The summed E-state index contributed by atoms with van der Waals surface area (Å²) in [4.78, 5) is 11.9. The van der Waals surface area contributed by atoms with Crippen LogP contribution in [0.2, 0.25) is 0 Å². The molecule has 7 aliphatic rings. The molecule has 0 radical (unpaired) electrons. The topological polar surface area (TPSA) is 194 Å². The highest BCUT2D eigenvalue weighted by Crippen LogP contribution is 2.70. The molecule has 3 heterocycles. The fourth-order valence-electron chi connectivity index (χ4n) is 11.5. The first-order chi connectivity index (χ1) is 23.2. The predicted molar refractivity (Wildman–Crippen MR) is 170 cm³/mol. The molecular weight excluding hydrogens is 640 g/mol. The van der Waals surface area contributed by atoms with Gasteiger partial charge >= 0.3 is 5.97 Å². The minimum absolute atomic E-state index is 0.0724. The van der Waals surface area contributed by atoms with Crippen molar-refractivity contribution in [3.8, 4) is 0 Å². The molecule has 4 saturated carbocycles.